The Kier molecular flexibility index (Phi) is 7.31. The Morgan fingerprint density at radius 3 is 2.62 bits per heavy atom. The van der Waals surface area contributed by atoms with Gasteiger partial charge in [0.15, 0.2) is 0 Å². The van der Waals surface area contributed by atoms with Crippen LogP contribution in [0.15, 0.2) is 58.5 Å². The molecule has 150 valence electrons. The number of hydrogen-bond donors (Lipinski definition) is 2. The first-order chi connectivity index (χ1) is 14.0. The maximum atomic E-state index is 13.2. The van der Waals surface area contributed by atoms with E-state index in [-0.39, 0.29) is 23.3 Å². The molecule has 0 bridgehead atoms. The van der Waals surface area contributed by atoms with Crippen LogP contribution < -0.4 is 15.4 Å². The maximum absolute atomic E-state index is 13.2. The van der Waals surface area contributed by atoms with Gasteiger partial charge in [0.2, 0.25) is 5.88 Å². The fourth-order valence-corrected chi connectivity index (χ4v) is 3.46. The number of hydrogen-bond acceptors (Lipinski definition) is 5. The number of carbonyl (C=O) groups excluding carboxylic acids is 2. The molecule has 3 aromatic rings. The van der Waals surface area contributed by atoms with Crippen LogP contribution >= 0.6 is 27.3 Å². The van der Waals surface area contributed by atoms with Crippen LogP contribution in [0.1, 0.15) is 26.5 Å². The Morgan fingerprint density at radius 1 is 1.10 bits per heavy atom. The second kappa shape index (κ2) is 10.1. The van der Waals surface area contributed by atoms with Crippen molar-refractivity contribution in [3.8, 4) is 11.6 Å². The molecule has 2 heterocycles. The van der Waals surface area contributed by atoms with Crippen LogP contribution in [0.4, 0.5) is 4.39 Å². The van der Waals surface area contributed by atoms with Gasteiger partial charge in [0.25, 0.3) is 11.8 Å². The van der Waals surface area contributed by atoms with E-state index in [4.69, 9.17) is 4.74 Å². The van der Waals surface area contributed by atoms with Gasteiger partial charge in [-0.05, 0) is 64.1 Å². The third-order valence-corrected chi connectivity index (χ3v) is 5.27. The molecule has 0 saturated carbocycles. The Balaban J connectivity index is 1.52. The lowest BCUT2D eigenvalue weighted by Gasteiger charge is -2.11. The summed E-state index contributed by atoms with van der Waals surface area (Å²) in [7, 11) is 0. The van der Waals surface area contributed by atoms with E-state index in [1.165, 1.54) is 35.7 Å². The van der Waals surface area contributed by atoms with Gasteiger partial charge in [-0.15, -0.1) is 11.3 Å². The lowest BCUT2D eigenvalue weighted by molar-refractivity contribution is 0.0950. The Bertz CT molecular complexity index is 998. The summed E-state index contributed by atoms with van der Waals surface area (Å²) in [5.74, 6) is -0.428. The zero-order chi connectivity index (χ0) is 20.6. The van der Waals surface area contributed by atoms with Gasteiger partial charge in [-0.3, -0.25) is 9.59 Å². The first-order valence-electron chi connectivity index (χ1n) is 8.72. The standard InChI is InChI=1S/C20H17BrFN3O3S/c21-15-12-13(22)6-7-16(15)28-20-14(4-1-8-25-20)18(26)23-9-3-10-24-19(27)17-5-2-11-29-17/h1-2,4-8,11-12H,3,9-10H2,(H,23,26)(H,24,27). The highest BCUT2D eigenvalue weighted by molar-refractivity contribution is 9.10. The van der Waals surface area contributed by atoms with Gasteiger partial charge in [-0.25, -0.2) is 9.37 Å². The first kappa shape index (κ1) is 20.9. The molecule has 1 aromatic carbocycles. The number of ether oxygens (including phenoxy) is 1. The van der Waals surface area contributed by atoms with E-state index in [0.717, 1.165) is 0 Å². The predicted octanol–water partition coefficient (Wildman–Crippen LogP) is 4.39. The molecule has 0 radical (unpaired) electrons. The van der Waals surface area contributed by atoms with Crippen molar-refractivity contribution in [2.75, 3.05) is 13.1 Å². The van der Waals surface area contributed by atoms with E-state index >= 15 is 0 Å². The topological polar surface area (TPSA) is 80.3 Å². The molecule has 3 rings (SSSR count). The minimum Gasteiger partial charge on any atom is -0.437 e. The monoisotopic (exact) mass is 477 g/mol. The number of benzene rings is 1. The summed E-state index contributed by atoms with van der Waals surface area (Å²) in [5.41, 5.74) is 0.256. The third-order valence-electron chi connectivity index (χ3n) is 3.79. The van der Waals surface area contributed by atoms with E-state index in [1.807, 2.05) is 11.4 Å². The van der Waals surface area contributed by atoms with Gasteiger partial charge in [-0.1, -0.05) is 6.07 Å². The van der Waals surface area contributed by atoms with Crippen LogP contribution in [-0.4, -0.2) is 29.9 Å². The number of nitrogens with zero attached hydrogens (tertiary/aromatic N) is 1. The van der Waals surface area contributed by atoms with E-state index < -0.39 is 5.82 Å². The highest BCUT2D eigenvalue weighted by Crippen LogP contribution is 2.30. The molecule has 0 aliphatic carbocycles. The SMILES string of the molecule is O=C(NCCCNC(=O)c1cccnc1Oc1ccc(F)cc1Br)c1cccs1. The number of carbonyl (C=O) groups is 2. The molecular weight excluding hydrogens is 461 g/mol. The zero-order valence-corrected chi connectivity index (χ0v) is 17.6. The minimum absolute atomic E-state index is 0.114. The molecule has 2 amide bonds. The minimum atomic E-state index is -0.408. The number of nitrogens with one attached hydrogen (secondary N) is 2. The highest BCUT2D eigenvalue weighted by atomic mass is 79.9. The number of rotatable bonds is 8. The first-order valence-corrected chi connectivity index (χ1v) is 10.4. The molecule has 2 N–H and O–H groups in total. The summed E-state index contributed by atoms with van der Waals surface area (Å²) in [6, 6.07) is 10.8. The quantitative estimate of drug-likeness (QED) is 0.471. The third kappa shape index (κ3) is 5.85. The van der Waals surface area contributed by atoms with Crippen molar-refractivity contribution in [3.63, 3.8) is 0 Å². The van der Waals surface area contributed by atoms with Gasteiger partial charge in [0, 0.05) is 19.3 Å². The summed E-state index contributed by atoms with van der Waals surface area (Å²) < 4.78 is 19.3. The van der Waals surface area contributed by atoms with E-state index in [0.29, 0.717) is 34.6 Å². The Morgan fingerprint density at radius 2 is 1.90 bits per heavy atom. The van der Waals surface area contributed by atoms with Crippen LogP contribution in [0.3, 0.4) is 0 Å². The van der Waals surface area contributed by atoms with E-state index in [9.17, 15) is 14.0 Å². The highest BCUT2D eigenvalue weighted by Gasteiger charge is 2.15. The number of halogens is 2. The summed E-state index contributed by atoms with van der Waals surface area (Å²) in [5, 5.41) is 7.42. The number of pyridine rings is 1. The van der Waals surface area contributed by atoms with Crippen molar-refractivity contribution in [2.45, 2.75) is 6.42 Å². The van der Waals surface area contributed by atoms with Crippen molar-refractivity contribution < 1.29 is 18.7 Å². The Labute approximate surface area is 179 Å². The molecule has 0 unspecified atom stereocenters. The fraction of sp³-hybridized carbons (Fsp3) is 0.150. The normalized spacial score (nSPS) is 10.4. The van der Waals surface area contributed by atoms with Gasteiger partial charge in [0.1, 0.15) is 17.1 Å². The largest absolute Gasteiger partial charge is 0.437 e. The van der Waals surface area contributed by atoms with Crippen molar-refractivity contribution >= 4 is 39.1 Å². The van der Waals surface area contributed by atoms with E-state index in [1.54, 1.807) is 18.2 Å². The molecule has 0 aliphatic heterocycles. The smallest absolute Gasteiger partial charge is 0.261 e. The molecule has 0 spiro atoms. The molecule has 0 aliphatic rings. The molecule has 9 heteroatoms. The summed E-state index contributed by atoms with van der Waals surface area (Å²) >= 11 is 4.60. The molecule has 2 aromatic heterocycles. The lowest BCUT2D eigenvalue weighted by Crippen LogP contribution is -2.29. The van der Waals surface area contributed by atoms with Crippen LogP contribution in [0, 0.1) is 5.82 Å². The van der Waals surface area contributed by atoms with Crippen LogP contribution in [-0.2, 0) is 0 Å². The average Bonchev–Trinajstić information content (AvgIpc) is 3.25. The second-order valence-corrected chi connectivity index (χ2v) is 7.68. The van der Waals surface area contributed by atoms with Gasteiger partial charge >= 0.3 is 0 Å². The molecular formula is C20H17BrFN3O3S. The van der Waals surface area contributed by atoms with Crippen molar-refractivity contribution in [1.29, 1.82) is 0 Å². The maximum Gasteiger partial charge on any atom is 0.261 e. The molecule has 6 nitrogen and oxygen atoms in total. The van der Waals surface area contributed by atoms with Crippen molar-refractivity contribution in [1.82, 2.24) is 15.6 Å². The Hall–Kier alpha value is -2.78. The molecule has 29 heavy (non-hydrogen) atoms. The summed E-state index contributed by atoms with van der Waals surface area (Å²) in [6.45, 7) is 0.814. The number of thiophene rings is 1. The molecule has 0 atom stereocenters. The van der Waals surface area contributed by atoms with Crippen LogP contribution in [0.5, 0.6) is 11.6 Å². The molecule has 0 fully saturated rings. The molecule has 0 saturated heterocycles. The van der Waals surface area contributed by atoms with Gasteiger partial charge in [0.05, 0.1) is 9.35 Å². The van der Waals surface area contributed by atoms with E-state index in [2.05, 4.69) is 31.5 Å². The van der Waals surface area contributed by atoms with Crippen molar-refractivity contribution in [3.05, 3.63) is 74.8 Å². The zero-order valence-electron chi connectivity index (χ0n) is 15.2. The second-order valence-electron chi connectivity index (χ2n) is 5.88. The van der Waals surface area contributed by atoms with Gasteiger partial charge in [-0.2, -0.15) is 0 Å². The van der Waals surface area contributed by atoms with Crippen LogP contribution in [0.2, 0.25) is 0 Å². The number of amides is 2. The van der Waals surface area contributed by atoms with Crippen LogP contribution in [0.25, 0.3) is 0 Å². The summed E-state index contributed by atoms with van der Waals surface area (Å²) in [6.07, 6.45) is 2.08. The fourth-order valence-electron chi connectivity index (χ4n) is 2.39. The van der Waals surface area contributed by atoms with Gasteiger partial charge < -0.3 is 15.4 Å². The average molecular weight is 478 g/mol. The summed E-state index contributed by atoms with van der Waals surface area (Å²) in [4.78, 5) is 29.1. The lowest BCUT2D eigenvalue weighted by atomic mass is 10.2. The van der Waals surface area contributed by atoms with Crippen molar-refractivity contribution in [2.24, 2.45) is 0 Å². The number of aromatic nitrogens is 1. The predicted molar refractivity (Wildman–Crippen MR) is 112 cm³/mol.